The topological polar surface area (TPSA) is 37.4 Å². The number of Topliss-reactive ketones (excluding diaryl/α,β-unsaturated/α-hetero) is 1. The third-order valence-electron chi connectivity index (χ3n) is 2.60. The average Bonchev–Trinajstić information content (AvgIpc) is 2.15. The van der Waals surface area contributed by atoms with Gasteiger partial charge in [0.15, 0.2) is 5.78 Å². The number of likely N-dealkylation sites (tertiary alicyclic amines) is 1. The normalized spacial score (nSPS) is 20.2. The van der Waals surface area contributed by atoms with Gasteiger partial charge in [-0.05, 0) is 12.8 Å². The third-order valence-corrected chi connectivity index (χ3v) is 2.60. The largest absolute Gasteiger partial charge is 0.335 e. The number of nitrogens with zero attached hydrogens (tertiary/aromatic N) is 1. The van der Waals surface area contributed by atoms with Crippen molar-refractivity contribution in [3.8, 4) is 0 Å². The zero-order valence-corrected chi connectivity index (χ0v) is 8.38. The molecule has 0 aliphatic carbocycles. The molecule has 1 amide bonds. The van der Waals surface area contributed by atoms with Crippen LogP contribution in [0.4, 0.5) is 0 Å². The highest BCUT2D eigenvalue weighted by atomic mass is 16.2. The maximum Gasteiger partial charge on any atom is 0.225 e. The molecule has 0 saturated carbocycles. The molecular weight excluding hydrogens is 166 g/mol. The van der Waals surface area contributed by atoms with Crippen molar-refractivity contribution in [3.05, 3.63) is 0 Å². The molecule has 3 heteroatoms. The van der Waals surface area contributed by atoms with Gasteiger partial charge in [-0.15, -0.1) is 0 Å². The molecule has 3 nitrogen and oxygen atoms in total. The molecule has 0 N–H and O–H groups in total. The van der Waals surface area contributed by atoms with E-state index in [0.29, 0.717) is 13.0 Å². The summed E-state index contributed by atoms with van der Waals surface area (Å²) < 4.78 is 0. The van der Waals surface area contributed by atoms with E-state index in [-0.39, 0.29) is 17.6 Å². The molecule has 1 aliphatic heterocycles. The number of carbonyl (C=O) groups is 2. The molecule has 0 spiro atoms. The van der Waals surface area contributed by atoms with Crippen LogP contribution < -0.4 is 0 Å². The standard InChI is InChI=1S/C10H17NO2/c1-3-8(2)10(13)11-6-4-5-9(12)7-11/h8H,3-7H2,1-2H3. The third kappa shape index (κ3) is 2.54. The number of hydrogen-bond acceptors (Lipinski definition) is 2. The molecule has 1 fully saturated rings. The lowest BCUT2D eigenvalue weighted by molar-refractivity contribution is -0.140. The molecule has 74 valence electrons. The van der Waals surface area contributed by atoms with Crippen molar-refractivity contribution in [2.24, 2.45) is 5.92 Å². The fourth-order valence-corrected chi connectivity index (χ4v) is 1.51. The van der Waals surface area contributed by atoms with Crippen molar-refractivity contribution in [2.45, 2.75) is 33.1 Å². The number of ketones is 1. The van der Waals surface area contributed by atoms with Crippen LogP contribution in [0.1, 0.15) is 33.1 Å². The van der Waals surface area contributed by atoms with Crippen LogP contribution in [0.15, 0.2) is 0 Å². The summed E-state index contributed by atoms with van der Waals surface area (Å²) in [5.41, 5.74) is 0. The minimum absolute atomic E-state index is 0.0610. The molecule has 0 aromatic rings. The van der Waals surface area contributed by atoms with E-state index in [1.165, 1.54) is 0 Å². The molecule has 1 saturated heterocycles. The smallest absolute Gasteiger partial charge is 0.225 e. The molecule has 13 heavy (non-hydrogen) atoms. The van der Waals surface area contributed by atoms with Gasteiger partial charge in [-0.1, -0.05) is 13.8 Å². The van der Waals surface area contributed by atoms with E-state index in [1.807, 2.05) is 13.8 Å². The van der Waals surface area contributed by atoms with Gasteiger partial charge in [-0.25, -0.2) is 0 Å². The second-order valence-corrected chi connectivity index (χ2v) is 3.71. The number of carbonyl (C=O) groups excluding carboxylic acids is 2. The Bertz CT molecular complexity index is 213. The minimum atomic E-state index is 0.0610. The van der Waals surface area contributed by atoms with E-state index >= 15 is 0 Å². The highest BCUT2D eigenvalue weighted by Crippen LogP contribution is 2.11. The first-order valence-corrected chi connectivity index (χ1v) is 4.95. The molecule has 1 aliphatic rings. The Morgan fingerprint density at radius 3 is 2.85 bits per heavy atom. The fourth-order valence-electron chi connectivity index (χ4n) is 1.51. The molecule has 0 radical (unpaired) electrons. The predicted molar refractivity (Wildman–Crippen MR) is 50.3 cm³/mol. The molecular formula is C10H17NO2. The molecule has 1 unspecified atom stereocenters. The molecule has 0 bridgehead atoms. The molecule has 0 aromatic heterocycles. The van der Waals surface area contributed by atoms with E-state index in [4.69, 9.17) is 0 Å². The van der Waals surface area contributed by atoms with Crippen LogP contribution in [-0.2, 0) is 9.59 Å². The molecule has 1 heterocycles. The average molecular weight is 183 g/mol. The zero-order valence-electron chi connectivity index (χ0n) is 8.38. The van der Waals surface area contributed by atoms with Crippen LogP contribution in [0.3, 0.4) is 0 Å². The van der Waals surface area contributed by atoms with Crippen molar-refractivity contribution in [3.63, 3.8) is 0 Å². The van der Waals surface area contributed by atoms with Crippen molar-refractivity contribution < 1.29 is 9.59 Å². The van der Waals surface area contributed by atoms with Gasteiger partial charge in [0, 0.05) is 18.9 Å². The quantitative estimate of drug-likeness (QED) is 0.645. The van der Waals surface area contributed by atoms with E-state index in [9.17, 15) is 9.59 Å². The fraction of sp³-hybridized carbons (Fsp3) is 0.800. The van der Waals surface area contributed by atoms with Gasteiger partial charge in [0.2, 0.25) is 5.91 Å². The minimum Gasteiger partial charge on any atom is -0.335 e. The van der Waals surface area contributed by atoms with Crippen molar-refractivity contribution in [1.82, 2.24) is 4.90 Å². The lowest BCUT2D eigenvalue weighted by atomic mass is 10.0. The Kier molecular flexibility index (Phi) is 3.46. The summed E-state index contributed by atoms with van der Waals surface area (Å²) in [6, 6.07) is 0. The summed E-state index contributed by atoms with van der Waals surface area (Å²) in [4.78, 5) is 24.4. The van der Waals surface area contributed by atoms with Crippen LogP contribution in [-0.4, -0.2) is 29.7 Å². The van der Waals surface area contributed by atoms with Gasteiger partial charge < -0.3 is 4.90 Å². The Morgan fingerprint density at radius 1 is 1.62 bits per heavy atom. The number of piperidine rings is 1. The van der Waals surface area contributed by atoms with Gasteiger partial charge in [-0.2, -0.15) is 0 Å². The lowest BCUT2D eigenvalue weighted by Crippen LogP contribution is -2.42. The van der Waals surface area contributed by atoms with Crippen LogP contribution in [0.25, 0.3) is 0 Å². The van der Waals surface area contributed by atoms with Crippen LogP contribution >= 0.6 is 0 Å². The predicted octanol–water partition coefficient (Wildman–Crippen LogP) is 1.22. The second kappa shape index (κ2) is 4.40. The summed E-state index contributed by atoms with van der Waals surface area (Å²) in [7, 11) is 0. The summed E-state index contributed by atoms with van der Waals surface area (Å²) in [6.07, 6.45) is 2.33. The first-order chi connectivity index (χ1) is 6.15. The highest BCUT2D eigenvalue weighted by Gasteiger charge is 2.24. The molecule has 1 atom stereocenters. The van der Waals surface area contributed by atoms with Crippen LogP contribution in [0, 0.1) is 5.92 Å². The summed E-state index contributed by atoms with van der Waals surface area (Å²) in [6.45, 7) is 5.01. The Balaban J connectivity index is 2.50. The van der Waals surface area contributed by atoms with Gasteiger partial charge in [0.25, 0.3) is 0 Å². The maximum absolute atomic E-state index is 11.6. The monoisotopic (exact) mass is 183 g/mol. The second-order valence-electron chi connectivity index (χ2n) is 3.71. The zero-order chi connectivity index (χ0) is 9.84. The maximum atomic E-state index is 11.6. The van der Waals surface area contributed by atoms with Crippen LogP contribution in [0.5, 0.6) is 0 Å². The van der Waals surface area contributed by atoms with Gasteiger partial charge in [0.05, 0.1) is 6.54 Å². The first-order valence-electron chi connectivity index (χ1n) is 4.95. The van der Waals surface area contributed by atoms with Crippen LogP contribution in [0.2, 0.25) is 0 Å². The summed E-state index contributed by atoms with van der Waals surface area (Å²) in [5.74, 6) is 0.393. The molecule has 1 rings (SSSR count). The number of amides is 1. The number of hydrogen-bond donors (Lipinski definition) is 0. The van der Waals surface area contributed by atoms with E-state index in [1.54, 1.807) is 4.90 Å². The first kappa shape index (κ1) is 10.2. The highest BCUT2D eigenvalue weighted by molar-refractivity contribution is 5.87. The van der Waals surface area contributed by atoms with Gasteiger partial charge >= 0.3 is 0 Å². The Labute approximate surface area is 79.1 Å². The van der Waals surface area contributed by atoms with E-state index in [0.717, 1.165) is 19.4 Å². The van der Waals surface area contributed by atoms with Crippen molar-refractivity contribution in [1.29, 1.82) is 0 Å². The van der Waals surface area contributed by atoms with Crippen molar-refractivity contribution >= 4 is 11.7 Å². The van der Waals surface area contributed by atoms with Gasteiger partial charge in [0.1, 0.15) is 0 Å². The summed E-state index contributed by atoms with van der Waals surface area (Å²) >= 11 is 0. The van der Waals surface area contributed by atoms with E-state index in [2.05, 4.69) is 0 Å². The van der Waals surface area contributed by atoms with Gasteiger partial charge in [-0.3, -0.25) is 9.59 Å². The summed E-state index contributed by atoms with van der Waals surface area (Å²) in [5, 5.41) is 0. The Morgan fingerprint density at radius 2 is 2.31 bits per heavy atom. The Hall–Kier alpha value is -0.860. The SMILES string of the molecule is CCC(C)C(=O)N1CCCC(=O)C1. The van der Waals surface area contributed by atoms with E-state index < -0.39 is 0 Å². The molecule has 0 aromatic carbocycles. The lowest BCUT2D eigenvalue weighted by Gasteiger charge is -2.28. The van der Waals surface area contributed by atoms with Crippen molar-refractivity contribution in [2.75, 3.05) is 13.1 Å². The number of rotatable bonds is 2.